The third-order valence-corrected chi connectivity index (χ3v) is 3.87. The number of aliphatic hydroxyl groups is 1. The second kappa shape index (κ2) is 13.5. The minimum absolute atomic E-state index is 0. The predicted molar refractivity (Wildman–Crippen MR) is 81.8 cm³/mol. The van der Waals surface area contributed by atoms with Gasteiger partial charge in [-0.2, -0.15) is 0 Å². The maximum absolute atomic E-state index is 12.0. The van der Waals surface area contributed by atoms with Crippen molar-refractivity contribution in [3.8, 4) is 0 Å². The molecule has 23 heavy (non-hydrogen) atoms. The van der Waals surface area contributed by atoms with Crippen molar-refractivity contribution in [2.24, 2.45) is 11.8 Å². The Hall–Kier alpha value is 0.236. The molecule has 0 radical (unpaired) electrons. The van der Waals surface area contributed by atoms with Crippen molar-refractivity contribution in [1.82, 2.24) is 5.32 Å². The average molecular weight is 354 g/mol. The fraction of sp³-hybridized carbons (Fsp3) is 0.750. The molecule has 0 saturated heterocycles. The summed E-state index contributed by atoms with van der Waals surface area (Å²) in [6.45, 7) is 7.66. The molecule has 0 heterocycles. The maximum Gasteiger partial charge on any atom is 1.00 e. The van der Waals surface area contributed by atoms with E-state index >= 15 is 0 Å². The van der Waals surface area contributed by atoms with Crippen molar-refractivity contribution in [3.63, 3.8) is 0 Å². The molecule has 0 aromatic carbocycles. The summed E-state index contributed by atoms with van der Waals surface area (Å²) >= 11 is 0. The van der Waals surface area contributed by atoms with Crippen LogP contribution in [0.3, 0.4) is 0 Å². The van der Waals surface area contributed by atoms with Gasteiger partial charge in [-0.3, -0.25) is 9.59 Å². The van der Waals surface area contributed by atoms with Gasteiger partial charge in [0.15, 0.2) is 0 Å². The van der Waals surface area contributed by atoms with E-state index < -0.39 is 5.54 Å². The summed E-state index contributed by atoms with van der Waals surface area (Å²) in [7, 11) is 1.34. The van der Waals surface area contributed by atoms with E-state index in [9.17, 15) is 14.7 Å². The van der Waals surface area contributed by atoms with E-state index in [1.54, 1.807) is 6.92 Å². The zero-order chi connectivity index (χ0) is 17.2. The van der Waals surface area contributed by atoms with Crippen LogP contribution in [0.4, 0.5) is 0 Å². The molecule has 2 aliphatic rings. The van der Waals surface area contributed by atoms with Crippen molar-refractivity contribution in [1.29, 1.82) is 0 Å². The number of hydrogen-bond acceptors (Lipinski definition) is 5. The van der Waals surface area contributed by atoms with E-state index in [1.165, 1.54) is 7.11 Å². The van der Waals surface area contributed by atoms with Gasteiger partial charge in [-0.05, 0) is 32.6 Å². The van der Waals surface area contributed by atoms with E-state index in [2.05, 4.69) is 18.5 Å². The standard InChI is InChI=1S/C12H18NO4.C2H6O.C2H4.K/c1-17-11(16)9-4-2-3-8(9)10(15)13-12(7-14)5-6-12;1-2-3;1-2;/h8-9H,2-7H2,1H3,(H,13,15);3H,2H2,1H3;1-2H2;/q-1;;;+1/t8?,9-;;;/m1.../s1. The van der Waals surface area contributed by atoms with Gasteiger partial charge in [0.1, 0.15) is 0 Å². The number of rotatable bonds is 4. The molecule has 2 rings (SSSR count). The zero-order valence-corrected chi connectivity index (χ0v) is 17.7. The Morgan fingerprint density at radius 1 is 1.30 bits per heavy atom. The third-order valence-electron chi connectivity index (χ3n) is 3.87. The summed E-state index contributed by atoms with van der Waals surface area (Å²) in [6, 6.07) is 0. The van der Waals surface area contributed by atoms with Crippen molar-refractivity contribution in [2.45, 2.75) is 44.6 Å². The second-order valence-corrected chi connectivity index (χ2v) is 5.40. The first-order valence-electron chi connectivity index (χ1n) is 7.62. The van der Waals surface area contributed by atoms with Gasteiger partial charge in [0.2, 0.25) is 5.91 Å². The monoisotopic (exact) mass is 353 g/mol. The molecule has 0 bridgehead atoms. The summed E-state index contributed by atoms with van der Waals surface area (Å²) in [6.07, 6.45) is 3.80. The molecule has 1 amide bonds. The summed E-state index contributed by atoms with van der Waals surface area (Å²) in [4.78, 5) is 23.5. The smallest absolute Gasteiger partial charge is 0.853 e. The Kier molecular flexibility index (Phi) is 15.0. The number of aliphatic hydroxyl groups excluding tert-OH is 1. The van der Waals surface area contributed by atoms with Gasteiger partial charge in [-0.1, -0.05) is 6.42 Å². The molecule has 7 heteroatoms. The van der Waals surface area contributed by atoms with Crippen LogP contribution >= 0.6 is 0 Å². The van der Waals surface area contributed by atoms with Gasteiger partial charge in [0.05, 0.1) is 18.9 Å². The molecule has 2 aliphatic carbocycles. The minimum atomic E-state index is -0.514. The van der Waals surface area contributed by atoms with Gasteiger partial charge in [0.25, 0.3) is 0 Å². The number of methoxy groups -OCH3 is 1. The van der Waals surface area contributed by atoms with Gasteiger partial charge in [-0.25, -0.2) is 0 Å². The Labute approximate surface area is 181 Å². The summed E-state index contributed by atoms with van der Waals surface area (Å²) < 4.78 is 4.71. The van der Waals surface area contributed by atoms with E-state index in [4.69, 9.17) is 9.84 Å². The molecule has 2 fully saturated rings. The molecule has 6 nitrogen and oxygen atoms in total. The molecular formula is C16H28KNO5. The fourth-order valence-electron chi connectivity index (χ4n) is 2.52. The molecule has 2 N–H and O–H groups in total. The van der Waals surface area contributed by atoms with E-state index in [0.717, 1.165) is 19.3 Å². The normalized spacial score (nSPS) is 23.0. The molecule has 1 unspecified atom stereocenters. The molecule has 0 spiro atoms. The second-order valence-electron chi connectivity index (χ2n) is 5.40. The molecule has 2 atom stereocenters. The van der Waals surface area contributed by atoms with Crippen molar-refractivity contribution in [2.75, 3.05) is 20.3 Å². The number of carbonyl (C=O) groups excluding carboxylic acids is 2. The first-order chi connectivity index (χ1) is 10.5. The molecule has 0 aromatic rings. The van der Waals surface area contributed by atoms with Crippen LogP contribution in [0.25, 0.3) is 0 Å². The van der Waals surface area contributed by atoms with Crippen LogP contribution < -0.4 is 61.8 Å². The third kappa shape index (κ3) is 8.24. The van der Waals surface area contributed by atoms with E-state index in [0.29, 0.717) is 12.8 Å². The van der Waals surface area contributed by atoms with Crippen molar-refractivity contribution >= 4 is 11.9 Å². The molecule has 0 aliphatic heterocycles. The van der Waals surface area contributed by atoms with E-state index in [1.807, 2.05) is 0 Å². The minimum Gasteiger partial charge on any atom is -0.853 e. The van der Waals surface area contributed by atoms with Gasteiger partial charge in [-0.15, -0.1) is 19.8 Å². The Morgan fingerprint density at radius 3 is 2.17 bits per heavy atom. The largest absolute Gasteiger partial charge is 1.00 e. The summed E-state index contributed by atoms with van der Waals surface area (Å²) in [5, 5.41) is 21.3. The van der Waals surface area contributed by atoms with Crippen LogP contribution in [-0.2, 0) is 14.3 Å². The molecule has 0 aromatic heterocycles. The molecule has 128 valence electrons. The van der Waals surface area contributed by atoms with Crippen molar-refractivity contribution in [3.05, 3.63) is 13.2 Å². The van der Waals surface area contributed by atoms with Gasteiger partial charge >= 0.3 is 57.4 Å². The first-order valence-corrected chi connectivity index (χ1v) is 7.62. The number of esters is 1. The van der Waals surface area contributed by atoms with Crippen LogP contribution in [0.1, 0.15) is 39.0 Å². The van der Waals surface area contributed by atoms with Crippen LogP contribution in [0.5, 0.6) is 0 Å². The predicted octanol–water partition coefficient (Wildman–Crippen LogP) is -2.61. The SMILES string of the molecule is C=C.CCO.COC(=O)[C@@H]1CCCC1C(=O)NC1(C[O-])CC1.[K+]. The van der Waals surface area contributed by atoms with Crippen LogP contribution in [0.15, 0.2) is 13.2 Å². The maximum atomic E-state index is 12.0. The zero-order valence-electron chi connectivity index (χ0n) is 14.6. The van der Waals surface area contributed by atoms with Gasteiger partial charge < -0.3 is 20.3 Å². The summed E-state index contributed by atoms with van der Waals surface area (Å²) in [5.74, 6) is -1.10. The number of nitrogens with one attached hydrogen (secondary N) is 1. The van der Waals surface area contributed by atoms with Crippen LogP contribution in [0.2, 0.25) is 0 Å². The quantitative estimate of drug-likeness (QED) is 0.328. The summed E-state index contributed by atoms with van der Waals surface area (Å²) in [5.41, 5.74) is -0.514. The average Bonchev–Trinajstić information content (AvgIpc) is 3.13. The first kappa shape index (κ1) is 25.5. The number of ether oxygens (including phenoxy) is 1. The Balaban J connectivity index is 0. The molecular weight excluding hydrogens is 325 g/mol. The van der Waals surface area contributed by atoms with Crippen molar-refractivity contribution < 1.29 is 75.9 Å². The van der Waals surface area contributed by atoms with E-state index in [-0.39, 0.29) is 88.3 Å². The number of hydrogen-bond donors (Lipinski definition) is 2. The van der Waals surface area contributed by atoms with Crippen LogP contribution in [0, 0.1) is 11.8 Å². The fourth-order valence-corrected chi connectivity index (χ4v) is 2.52. The topological polar surface area (TPSA) is 98.7 Å². The number of carbonyl (C=O) groups is 2. The Bertz CT molecular complexity index is 360. The molecule has 2 saturated carbocycles. The van der Waals surface area contributed by atoms with Crippen LogP contribution in [-0.4, -0.2) is 42.8 Å². The Morgan fingerprint density at radius 2 is 1.78 bits per heavy atom. The van der Waals surface area contributed by atoms with Gasteiger partial charge in [0, 0.05) is 12.1 Å². The number of amides is 1.